The standard InChI is InChI=1S/C15H21N3O3/c19-14(17-16-10-11-4-2-1-3-5-11)12-6-8-13(9-7-12)15(20)18-21/h6-9,11,16,21H,1-5,10H2,(H,17,19)(H,18,20). The lowest BCUT2D eigenvalue weighted by Gasteiger charge is -2.21. The molecular weight excluding hydrogens is 270 g/mol. The summed E-state index contributed by atoms with van der Waals surface area (Å²) in [5.74, 6) is -0.200. The third-order valence-electron chi connectivity index (χ3n) is 3.83. The first-order chi connectivity index (χ1) is 10.2. The lowest BCUT2D eigenvalue weighted by molar-refractivity contribution is 0.0706. The number of hydroxylamine groups is 1. The van der Waals surface area contributed by atoms with Crippen LogP contribution >= 0.6 is 0 Å². The number of hydrazine groups is 1. The molecule has 0 spiro atoms. The van der Waals surface area contributed by atoms with E-state index in [4.69, 9.17) is 5.21 Å². The zero-order chi connectivity index (χ0) is 15.1. The molecule has 0 aromatic heterocycles. The molecule has 1 saturated carbocycles. The Bertz CT molecular complexity index is 481. The number of carbonyl (C=O) groups is 2. The van der Waals surface area contributed by atoms with Crippen molar-refractivity contribution >= 4 is 11.8 Å². The average Bonchev–Trinajstić information content (AvgIpc) is 2.55. The van der Waals surface area contributed by atoms with E-state index in [9.17, 15) is 9.59 Å². The van der Waals surface area contributed by atoms with Gasteiger partial charge in [-0.15, -0.1) is 0 Å². The minimum atomic E-state index is -0.600. The van der Waals surface area contributed by atoms with Crippen molar-refractivity contribution in [1.29, 1.82) is 0 Å². The Kier molecular flexibility index (Phi) is 5.71. The van der Waals surface area contributed by atoms with Gasteiger partial charge in [0.1, 0.15) is 0 Å². The Morgan fingerprint density at radius 1 is 1.00 bits per heavy atom. The highest BCUT2D eigenvalue weighted by molar-refractivity contribution is 5.97. The van der Waals surface area contributed by atoms with E-state index >= 15 is 0 Å². The summed E-state index contributed by atoms with van der Waals surface area (Å²) in [4.78, 5) is 23.1. The predicted octanol–water partition coefficient (Wildman–Crippen LogP) is 1.62. The lowest BCUT2D eigenvalue weighted by atomic mass is 9.89. The smallest absolute Gasteiger partial charge is 0.274 e. The van der Waals surface area contributed by atoms with E-state index in [0.29, 0.717) is 17.0 Å². The van der Waals surface area contributed by atoms with Crippen LogP contribution in [0.4, 0.5) is 0 Å². The first-order valence-corrected chi connectivity index (χ1v) is 7.28. The van der Waals surface area contributed by atoms with Gasteiger partial charge in [0.25, 0.3) is 11.8 Å². The van der Waals surface area contributed by atoms with Crippen molar-refractivity contribution in [3.05, 3.63) is 35.4 Å². The molecule has 1 aromatic rings. The van der Waals surface area contributed by atoms with Crippen molar-refractivity contribution in [1.82, 2.24) is 16.3 Å². The van der Waals surface area contributed by atoms with Gasteiger partial charge in [0.05, 0.1) is 0 Å². The van der Waals surface area contributed by atoms with Crippen molar-refractivity contribution in [3.8, 4) is 0 Å². The molecule has 114 valence electrons. The molecule has 0 heterocycles. The monoisotopic (exact) mass is 291 g/mol. The van der Waals surface area contributed by atoms with Crippen molar-refractivity contribution in [2.75, 3.05) is 6.54 Å². The molecule has 1 aliphatic rings. The molecule has 0 unspecified atom stereocenters. The Balaban J connectivity index is 1.78. The van der Waals surface area contributed by atoms with Gasteiger partial charge in [0.2, 0.25) is 0 Å². The van der Waals surface area contributed by atoms with E-state index in [1.807, 2.05) is 0 Å². The van der Waals surface area contributed by atoms with Gasteiger partial charge in [-0.25, -0.2) is 10.9 Å². The van der Waals surface area contributed by atoms with Crippen LogP contribution in [0.15, 0.2) is 24.3 Å². The zero-order valence-electron chi connectivity index (χ0n) is 11.9. The summed E-state index contributed by atoms with van der Waals surface area (Å²) >= 11 is 0. The molecule has 1 aromatic carbocycles. The first-order valence-electron chi connectivity index (χ1n) is 7.28. The van der Waals surface area contributed by atoms with Crippen molar-refractivity contribution in [2.24, 2.45) is 5.92 Å². The van der Waals surface area contributed by atoms with E-state index in [-0.39, 0.29) is 5.91 Å². The SMILES string of the molecule is O=C(NO)c1ccc(C(=O)NNCC2CCCCC2)cc1. The number of carbonyl (C=O) groups excluding carboxylic acids is 2. The third kappa shape index (κ3) is 4.54. The van der Waals surface area contributed by atoms with Crippen molar-refractivity contribution in [2.45, 2.75) is 32.1 Å². The molecular formula is C15H21N3O3. The average molecular weight is 291 g/mol. The Morgan fingerprint density at radius 3 is 2.14 bits per heavy atom. The molecule has 2 rings (SSSR count). The van der Waals surface area contributed by atoms with Crippen LogP contribution in [0.3, 0.4) is 0 Å². The summed E-state index contributed by atoms with van der Waals surface area (Å²) in [6.07, 6.45) is 6.29. The van der Waals surface area contributed by atoms with E-state index in [1.54, 1.807) is 17.6 Å². The Labute approximate surface area is 123 Å². The molecule has 0 bridgehead atoms. The summed E-state index contributed by atoms with van der Waals surface area (Å²) in [5.41, 5.74) is 7.96. The molecule has 4 N–H and O–H groups in total. The molecule has 1 aliphatic carbocycles. The molecule has 0 aliphatic heterocycles. The van der Waals surface area contributed by atoms with Gasteiger partial charge in [-0.3, -0.25) is 20.2 Å². The second kappa shape index (κ2) is 7.75. The fourth-order valence-corrected chi connectivity index (χ4v) is 2.58. The molecule has 21 heavy (non-hydrogen) atoms. The molecule has 1 fully saturated rings. The van der Waals surface area contributed by atoms with Gasteiger partial charge in [0.15, 0.2) is 0 Å². The van der Waals surface area contributed by atoms with Crippen LogP contribution in [0, 0.1) is 5.92 Å². The quantitative estimate of drug-likeness (QED) is 0.490. The van der Waals surface area contributed by atoms with Crippen LogP contribution in [0.25, 0.3) is 0 Å². The molecule has 2 amide bonds. The fourth-order valence-electron chi connectivity index (χ4n) is 2.58. The van der Waals surface area contributed by atoms with Crippen LogP contribution in [0.5, 0.6) is 0 Å². The molecule has 0 radical (unpaired) electrons. The molecule has 0 atom stereocenters. The van der Waals surface area contributed by atoms with E-state index in [2.05, 4.69) is 10.9 Å². The minimum absolute atomic E-state index is 0.234. The van der Waals surface area contributed by atoms with Gasteiger partial charge < -0.3 is 0 Å². The number of nitrogens with one attached hydrogen (secondary N) is 3. The number of amides is 2. The molecule has 6 nitrogen and oxygen atoms in total. The van der Waals surface area contributed by atoms with Gasteiger partial charge in [-0.1, -0.05) is 19.3 Å². The molecule has 0 saturated heterocycles. The summed E-state index contributed by atoms with van der Waals surface area (Å²) < 4.78 is 0. The lowest BCUT2D eigenvalue weighted by Crippen LogP contribution is -2.40. The number of rotatable bonds is 5. The number of benzene rings is 1. The fraction of sp³-hybridized carbons (Fsp3) is 0.467. The Morgan fingerprint density at radius 2 is 1.57 bits per heavy atom. The predicted molar refractivity (Wildman–Crippen MR) is 77.7 cm³/mol. The largest absolute Gasteiger partial charge is 0.288 e. The van der Waals surface area contributed by atoms with Crippen LogP contribution in [-0.2, 0) is 0 Å². The van der Waals surface area contributed by atoms with Crippen molar-refractivity contribution < 1.29 is 14.8 Å². The van der Waals surface area contributed by atoms with Crippen LogP contribution in [0.2, 0.25) is 0 Å². The summed E-state index contributed by atoms with van der Waals surface area (Å²) in [6.45, 7) is 0.788. The van der Waals surface area contributed by atoms with Gasteiger partial charge in [0, 0.05) is 17.7 Å². The molecule has 6 heteroatoms. The number of hydrogen-bond donors (Lipinski definition) is 4. The van der Waals surface area contributed by atoms with Crippen LogP contribution in [0.1, 0.15) is 52.8 Å². The zero-order valence-corrected chi connectivity index (χ0v) is 11.9. The minimum Gasteiger partial charge on any atom is -0.288 e. The first kappa shape index (κ1) is 15.5. The highest BCUT2D eigenvalue weighted by Gasteiger charge is 2.13. The summed E-state index contributed by atoms with van der Waals surface area (Å²) in [6, 6.07) is 6.06. The normalized spacial score (nSPS) is 15.5. The summed E-state index contributed by atoms with van der Waals surface area (Å²) in [7, 11) is 0. The maximum atomic E-state index is 11.9. The maximum absolute atomic E-state index is 11.9. The topological polar surface area (TPSA) is 90.5 Å². The summed E-state index contributed by atoms with van der Waals surface area (Å²) in [5, 5.41) is 8.52. The van der Waals surface area contributed by atoms with Gasteiger partial charge in [-0.2, -0.15) is 0 Å². The highest BCUT2D eigenvalue weighted by Crippen LogP contribution is 2.22. The third-order valence-corrected chi connectivity index (χ3v) is 3.83. The van der Waals surface area contributed by atoms with Gasteiger partial charge >= 0.3 is 0 Å². The van der Waals surface area contributed by atoms with E-state index in [1.165, 1.54) is 44.2 Å². The second-order valence-corrected chi connectivity index (χ2v) is 5.36. The number of hydrogen-bond acceptors (Lipinski definition) is 4. The van der Waals surface area contributed by atoms with Crippen molar-refractivity contribution in [3.63, 3.8) is 0 Å². The van der Waals surface area contributed by atoms with E-state index < -0.39 is 5.91 Å². The van der Waals surface area contributed by atoms with Crippen LogP contribution < -0.4 is 16.3 Å². The highest BCUT2D eigenvalue weighted by atomic mass is 16.5. The van der Waals surface area contributed by atoms with Crippen LogP contribution in [-0.4, -0.2) is 23.6 Å². The maximum Gasteiger partial charge on any atom is 0.274 e. The van der Waals surface area contributed by atoms with Gasteiger partial charge in [-0.05, 0) is 43.0 Å². The second-order valence-electron chi connectivity index (χ2n) is 5.36. The van der Waals surface area contributed by atoms with E-state index in [0.717, 1.165) is 6.54 Å². The Hall–Kier alpha value is -1.92.